The van der Waals surface area contributed by atoms with Crippen molar-refractivity contribution in [3.05, 3.63) is 70.1 Å². The van der Waals surface area contributed by atoms with Gasteiger partial charge in [0.1, 0.15) is 12.3 Å². The number of carboxylic acids is 1. The maximum absolute atomic E-state index is 12.6. The van der Waals surface area contributed by atoms with Gasteiger partial charge in [-0.3, -0.25) is 19.3 Å². The molecule has 1 aliphatic heterocycles. The van der Waals surface area contributed by atoms with Gasteiger partial charge in [-0.2, -0.15) is 0 Å². The summed E-state index contributed by atoms with van der Waals surface area (Å²) in [6.45, 7) is 1.34. The van der Waals surface area contributed by atoms with Crippen molar-refractivity contribution in [1.82, 2.24) is 10.2 Å². The van der Waals surface area contributed by atoms with Crippen molar-refractivity contribution in [3.8, 4) is 5.75 Å². The van der Waals surface area contributed by atoms with E-state index in [0.717, 1.165) is 16.0 Å². The molecule has 2 N–H and O–H groups in total. The summed E-state index contributed by atoms with van der Waals surface area (Å²) in [6.07, 6.45) is 1.45. The van der Waals surface area contributed by atoms with Gasteiger partial charge in [-0.1, -0.05) is 48.0 Å². The van der Waals surface area contributed by atoms with Crippen molar-refractivity contribution in [2.75, 3.05) is 13.2 Å². The highest BCUT2D eigenvalue weighted by Crippen LogP contribution is 2.33. The van der Waals surface area contributed by atoms with Gasteiger partial charge in [0.15, 0.2) is 6.61 Å². The first-order valence-corrected chi connectivity index (χ1v) is 10.2. The maximum Gasteiger partial charge on any atom is 0.341 e. The van der Waals surface area contributed by atoms with E-state index in [2.05, 4.69) is 5.32 Å². The lowest BCUT2D eigenvalue weighted by Gasteiger charge is -2.12. The molecule has 31 heavy (non-hydrogen) atoms. The molecule has 0 unspecified atom stereocenters. The van der Waals surface area contributed by atoms with Crippen LogP contribution in [0.15, 0.2) is 53.4 Å². The number of thioether (sulfide) groups is 1. The first kappa shape index (κ1) is 22.1. The van der Waals surface area contributed by atoms with Crippen molar-refractivity contribution in [2.45, 2.75) is 13.5 Å². The van der Waals surface area contributed by atoms with Gasteiger partial charge >= 0.3 is 5.97 Å². The fourth-order valence-corrected chi connectivity index (χ4v) is 3.58. The molecular formula is C22H20N2O6S. The molecule has 3 amide bonds. The van der Waals surface area contributed by atoms with Crippen LogP contribution in [0.4, 0.5) is 4.79 Å². The minimum atomic E-state index is -1.13. The Kier molecular flexibility index (Phi) is 7.09. The number of ether oxygens (including phenoxy) is 1. The van der Waals surface area contributed by atoms with E-state index >= 15 is 0 Å². The summed E-state index contributed by atoms with van der Waals surface area (Å²) >= 11 is 0.714. The molecule has 0 saturated carbocycles. The lowest BCUT2D eigenvalue weighted by atomic mass is 10.1. The van der Waals surface area contributed by atoms with E-state index in [1.807, 2.05) is 31.2 Å². The second kappa shape index (κ2) is 9.94. The maximum atomic E-state index is 12.6. The minimum Gasteiger partial charge on any atom is -0.481 e. The molecule has 0 radical (unpaired) electrons. The monoisotopic (exact) mass is 440 g/mol. The van der Waals surface area contributed by atoms with Crippen molar-refractivity contribution < 1.29 is 29.0 Å². The van der Waals surface area contributed by atoms with Gasteiger partial charge in [-0.25, -0.2) is 4.79 Å². The molecule has 1 heterocycles. The Morgan fingerprint density at radius 2 is 1.84 bits per heavy atom. The summed E-state index contributed by atoms with van der Waals surface area (Å²) in [4.78, 5) is 48.9. The van der Waals surface area contributed by atoms with Crippen molar-refractivity contribution in [1.29, 1.82) is 0 Å². The van der Waals surface area contributed by atoms with E-state index in [1.54, 1.807) is 24.3 Å². The molecule has 0 atom stereocenters. The number of nitrogens with zero attached hydrogens (tertiary/aromatic N) is 1. The normalized spacial score (nSPS) is 14.7. The molecule has 0 aliphatic carbocycles. The third-order valence-electron chi connectivity index (χ3n) is 4.34. The van der Waals surface area contributed by atoms with E-state index in [9.17, 15) is 19.2 Å². The van der Waals surface area contributed by atoms with Crippen molar-refractivity contribution >= 4 is 40.9 Å². The predicted molar refractivity (Wildman–Crippen MR) is 115 cm³/mol. The SMILES string of the molecule is Cc1ccc(CNC(=O)CN2C(=O)S/C(=C\c3ccccc3OCC(=O)O)C2=O)cc1. The first-order chi connectivity index (χ1) is 14.8. The highest BCUT2D eigenvalue weighted by molar-refractivity contribution is 8.18. The number of nitrogens with one attached hydrogen (secondary N) is 1. The zero-order chi connectivity index (χ0) is 22.4. The van der Waals surface area contributed by atoms with Crippen LogP contribution < -0.4 is 10.1 Å². The van der Waals surface area contributed by atoms with Crippen LogP contribution in [0.3, 0.4) is 0 Å². The fraction of sp³-hybridized carbons (Fsp3) is 0.182. The Labute approximate surface area is 182 Å². The third kappa shape index (κ3) is 5.95. The Morgan fingerprint density at radius 3 is 2.55 bits per heavy atom. The van der Waals surface area contributed by atoms with E-state index in [-0.39, 0.29) is 17.2 Å². The molecule has 8 nitrogen and oxygen atoms in total. The minimum absolute atomic E-state index is 0.128. The van der Waals surface area contributed by atoms with Gasteiger partial charge in [0.25, 0.3) is 11.1 Å². The highest BCUT2D eigenvalue weighted by Gasteiger charge is 2.36. The second-order valence-electron chi connectivity index (χ2n) is 6.75. The molecule has 9 heteroatoms. The Hall–Kier alpha value is -3.59. The number of carbonyl (C=O) groups excluding carboxylic acids is 3. The van der Waals surface area contributed by atoms with Gasteiger partial charge in [0.05, 0.1) is 4.91 Å². The quantitative estimate of drug-likeness (QED) is 0.607. The number of hydrogen-bond donors (Lipinski definition) is 2. The average molecular weight is 440 g/mol. The van der Waals surface area contributed by atoms with E-state index in [1.165, 1.54) is 6.08 Å². The molecule has 0 aromatic heterocycles. The van der Waals surface area contributed by atoms with Gasteiger partial charge < -0.3 is 15.2 Å². The zero-order valence-electron chi connectivity index (χ0n) is 16.7. The predicted octanol–water partition coefficient (Wildman–Crippen LogP) is 2.81. The number of aliphatic carboxylic acids is 1. The average Bonchev–Trinajstić information content (AvgIpc) is 3.00. The van der Waals surface area contributed by atoms with Gasteiger partial charge in [-0.05, 0) is 36.4 Å². The van der Waals surface area contributed by atoms with Crippen LogP contribution in [-0.2, 0) is 20.9 Å². The molecule has 3 rings (SSSR count). The summed E-state index contributed by atoms with van der Waals surface area (Å²) in [5.41, 5.74) is 2.47. The van der Waals surface area contributed by atoms with Crippen LogP contribution in [0, 0.1) is 6.92 Å². The Morgan fingerprint density at radius 1 is 1.13 bits per heavy atom. The third-order valence-corrected chi connectivity index (χ3v) is 5.25. The molecule has 160 valence electrons. The number of hydrogen-bond acceptors (Lipinski definition) is 6. The van der Waals surface area contributed by atoms with Crippen molar-refractivity contribution in [2.24, 2.45) is 0 Å². The summed E-state index contributed by atoms with van der Waals surface area (Å²) in [6, 6.07) is 14.2. The van der Waals surface area contributed by atoms with E-state index < -0.39 is 29.6 Å². The number of carboxylic acid groups (broad SMARTS) is 1. The van der Waals surface area contributed by atoms with Crippen LogP contribution in [0.5, 0.6) is 5.75 Å². The molecule has 1 aliphatic rings. The van der Waals surface area contributed by atoms with E-state index in [0.29, 0.717) is 23.9 Å². The number of benzene rings is 2. The number of rotatable bonds is 8. The smallest absolute Gasteiger partial charge is 0.341 e. The Balaban J connectivity index is 1.64. The summed E-state index contributed by atoms with van der Waals surface area (Å²) in [5, 5.41) is 10.9. The van der Waals surface area contributed by atoms with Crippen LogP contribution in [-0.4, -0.2) is 46.2 Å². The summed E-state index contributed by atoms with van der Waals surface area (Å²) in [5.74, 6) is -1.90. The van der Waals surface area contributed by atoms with E-state index in [4.69, 9.17) is 9.84 Å². The second-order valence-corrected chi connectivity index (χ2v) is 7.74. The number of amides is 3. The van der Waals surface area contributed by atoms with Crippen LogP contribution >= 0.6 is 11.8 Å². The number of imide groups is 1. The molecule has 2 aromatic rings. The molecule has 0 spiro atoms. The zero-order valence-corrected chi connectivity index (χ0v) is 17.5. The van der Waals surface area contributed by atoms with Crippen LogP contribution in [0.2, 0.25) is 0 Å². The highest BCUT2D eigenvalue weighted by atomic mass is 32.2. The number of para-hydroxylation sites is 1. The lowest BCUT2D eigenvalue weighted by molar-refractivity contribution is -0.139. The lowest BCUT2D eigenvalue weighted by Crippen LogP contribution is -2.39. The standard InChI is InChI=1S/C22H20N2O6S/c1-14-6-8-15(9-7-14)11-23-19(25)12-24-21(28)18(31-22(24)29)10-16-4-2-3-5-17(16)30-13-20(26)27/h2-10H,11-13H2,1H3,(H,23,25)(H,26,27)/b18-10-. The summed E-state index contributed by atoms with van der Waals surface area (Å²) in [7, 11) is 0. The molecule has 1 fully saturated rings. The first-order valence-electron chi connectivity index (χ1n) is 9.34. The summed E-state index contributed by atoms with van der Waals surface area (Å²) < 4.78 is 5.22. The molecule has 0 bridgehead atoms. The van der Waals surface area contributed by atoms with Crippen LogP contribution in [0.25, 0.3) is 6.08 Å². The topological polar surface area (TPSA) is 113 Å². The molecule has 1 saturated heterocycles. The van der Waals surface area contributed by atoms with Crippen molar-refractivity contribution in [3.63, 3.8) is 0 Å². The van der Waals surface area contributed by atoms with Crippen LogP contribution in [0.1, 0.15) is 16.7 Å². The fourth-order valence-electron chi connectivity index (χ4n) is 2.75. The largest absolute Gasteiger partial charge is 0.481 e. The van der Waals surface area contributed by atoms with Gasteiger partial charge in [0.2, 0.25) is 5.91 Å². The number of carbonyl (C=O) groups is 4. The van der Waals surface area contributed by atoms with Gasteiger partial charge in [-0.15, -0.1) is 0 Å². The Bertz CT molecular complexity index is 1050. The molecular weight excluding hydrogens is 420 g/mol. The van der Waals surface area contributed by atoms with Gasteiger partial charge in [0, 0.05) is 12.1 Å². The molecule has 2 aromatic carbocycles. The number of aryl methyl sites for hydroxylation is 1.